The van der Waals surface area contributed by atoms with Gasteiger partial charge in [-0.2, -0.15) is 0 Å². The average Bonchev–Trinajstić information content (AvgIpc) is 2.40. The number of carbonyl (C=O) groups is 1. The number of ketones is 1. The van der Waals surface area contributed by atoms with Crippen LogP contribution >= 0.6 is 15.9 Å². The molecule has 0 atom stereocenters. The van der Waals surface area contributed by atoms with Gasteiger partial charge in [0.15, 0.2) is 15.6 Å². The molecule has 4 nitrogen and oxygen atoms in total. The van der Waals surface area contributed by atoms with Gasteiger partial charge in [0.1, 0.15) is 11.5 Å². The lowest BCUT2D eigenvalue weighted by Crippen LogP contribution is -1.97. The number of hydrogen-bond acceptors (Lipinski definition) is 4. The molecular formula is C15H13BrO4S. The summed E-state index contributed by atoms with van der Waals surface area (Å²) in [5, 5.41) is 0. The summed E-state index contributed by atoms with van der Waals surface area (Å²) in [5.74, 6) is 0.876. The Bertz CT molecular complexity index is 797. The van der Waals surface area contributed by atoms with Gasteiger partial charge in [-0.05, 0) is 59.3 Å². The molecule has 0 radical (unpaired) electrons. The number of ether oxygens (including phenoxy) is 1. The minimum absolute atomic E-state index is 0.0404. The van der Waals surface area contributed by atoms with Gasteiger partial charge in [0.05, 0.1) is 9.37 Å². The Morgan fingerprint density at radius 1 is 1.14 bits per heavy atom. The molecule has 110 valence electrons. The number of carbonyl (C=O) groups excluding carboxylic acids is 1. The van der Waals surface area contributed by atoms with Gasteiger partial charge in [-0.3, -0.25) is 4.79 Å². The van der Waals surface area contributed by atoms with E-state index in [4.69, 9.17) is 4.74 Å². The number of Topliss-reactive ketones (excluding diaryl/α,β-unsaturated/α-hetero) is 1. The summed E-state index contributed by atoms with van der Waals surface area (Å²) in [6.07, 6.45) is 1.14. The minimum Gasteiger partial charge on any atom is -0.456 e. The first kappa shape index (κ1) is 15.7. The van der Waals surface area contributed by atoms with Crippen LogP contribution in [0.25, 0.3) is 0 Å². The molecule has 0 amide bonds. The van der Waals surface area contributed by atoms with E-state index in [9.17, 15) is 13.2 Å². The Morgan fingerprint density at radius 3 is 2.43 bits per heavy atom. The van der Waals surface area contributed by atoms with Crippen LogP contribution < -0.4 is 4.74 Å². The van der Waals surface area contributed by atoms with Gasteiger partial charge in [0.2, 0.25) is 0 Å². The molecule has 0 N–H and O–H groups in total. The van der Waals surface area contributed by atoms with Crippen LogP contribution in [0.1, 0.15) is 17.3 Å². The van der Waals surface area contributed by atoms with Gasteiger partial charge in [0, 0.05) is 11.8 Å². The lowest BCUT2D eigenvalue weighted by Gasteiger charge is -2.09. The van der Waals surface area contributed by atoms with Gasteiger partial charge in [-0.25, -0.2) is 8.42 Å². The van der Waals surface area contributed by atoms with Crippen LogP contribution in [0.15, 0.2) is 51.8 Å². The van der Waals surface area contributed by atoms with Crippen LogP contribution in [-0.2, 0) is 9.84 Å². The molecule has 0 aliphatic rings. The van der Waals surface area contributed by atoms with Crippen LogP contribution in [0.4, 0.5) is 0 Å². The Morgan fingerprint density at radius 2 is 1.86 bits per heavy atom. The number of rotatable bonds is 4. The van der Waals surface area contributed by atoms with Crippen molar-refractivity contribution in [1.29, 1.82) is 0 Å². The highest BCUT2D eigenvalue weighted by Gasteiger charge is 2.10. The monoisotopic (exact) mass is 368 g/mol. The van der Waals surface area contributed by atoms with Gasteiger partial charge < -0.3 is 4.74 Å². The van der Waals surface area contributed by atoms with Crippen molar-refractivity contribution in [2.45, 2.75) is 11.8 Å². The smallest absolute Gasteiger partial charge is 0.175 e. The highest BCUT2D eigenvalue weighted by molar-refractivity contribution is 9.10. The van der Waals surface area contributed by atoms with Crippen molar-refractivity contribution in [2.75, 3.05) is 6.26 Å². The molecule has 0 saturated carbocycles. The first-order valence-electron chi connectivity index (χ1n) is 6.06. The summed E-state index contributed by atoms with van der Waals surface area (Å²) < 4.78 is 29.3. The second-order valence-electron chi connectivity index (χ2n) is 4.55. The van der Waals surface area contributed by atoms with E-state index in [1.165, 1.54) is 19.1 Å². The summed E-state index contributed by atoms with van der Waals surface area (Å²) in [7, 11) is -3.28. The predicted octanol–water partition coefficient (Wildman–Crippen LogP) is 3.85. The number of benzene rings is 2. The van der Waals surface area contributed by atoms with E-state index in [1.807, 2.05) is 0 Å². The third kappa shape index (κ3) is 3.92. The fourth-order valence-electron chi connectivity index (χ4n) is 1.70. The summed E-state index contributed by atoms with van der Waals surface area (Å²) in [6.45, 7) is 1.48. The normalized spacial score (nSPS) is 11.2. The molecular weight excluding hydrogens is 356 g/mol. The number of sulfone groups is 1. The van der Waals surface area contributed by atoms with Crippen LogP contribution in [0.5, 0.6) is 11.5 Å². The van der Waals surface area contributed by atoms with Crippen molar-refractivity contribution in [3.05, 3.63) is 52.5 Å². The van der Waals surface area contributed by atoms with E-state index < -0.39 is 9.84 Å². The van der Waals surface area contributed by atoms with Gasteiger partial charge in [0.25, 0.3) is 0 Å². The fraction of sp³-hybridized carbons (Fsp3) is 0.133. The van der Waals surface area contributed by atoms with Crippen LogP contribution in [-0.4, -0.2) is 20.5 Å². The molecule has 0 heterocycles. The van der Waals surface area contributed by atoms with E-state index in [1.54, 1.807) is 30.3 Å². The van der Waals surface area contributed by atoms with Crippen molar-refractivity contribution in [3.63, 3.8) is 0 Å². The van der Waals surface area contributed by atoms with E-state index in [-0.39, 0.29) is 10.7 Å². The third-order valence-electron chi connectivity index (χ3n) is 2.80. The van der Waals surface area contributed by atoms with Gasteiger partial charge >= 0.3 is 0 Å². The number of hydrogen-bond donors (Lipinski definition) is 0. The van der Waals surface area contributed by atoms with Crippen LogP contribution in [0, 0.1) is 0 Å². The van der Waals surface area contributed by atoms with Crippen molar-refractivity contribution >= 4 is 31.6 Å². The number of halogens is 1. The molecule has 6 heteroatoms. The summed E-state index contributed by atoms with van der Waals surface area (Å²) in [5.41, 5.74) is 0.569. The van der Waals surface area contributed by atoms with Crippen molar-refractivity contribution in [2.24, 2.45) is 0 Å². The summed E-state index contributed by atoms with van der Waals surface area (Å²) in [6, 6.07) is 11.2. The van der Waals surface area contributed by atoms with Gasteiger partial charge in [-0.1, -0.05) is 6.07 Å². The van der Waals surface area contributed by atoms with Crippen molar-refractivity contribution in [3.8, 4) is 11.5 Å². The maximum atomic E-state index is 11.5. The molecule has 0 spiro atoms. The molecule has 0 unspecified atom stereocenters. The van der Waals surface area contributed by atoms with Gasteiger partial charge in [-0.15, -0.1) is 0 Å². The quantitative estimate of drug-likeness (QED) is 0.769. The standard InChI is InChI=1S/C15H13BrO4S/c1-10(17)11-6-7-15(14(16)8-11)20-12-4-3-5-13(9-12)21(2,18)19/h3-9H,1-2H3. The molecule has 2 aromatic rings. The molecule has 21 heavy (non-hydrogen) atoms. The zero-order valence-electron chi connectivity index (χ0n) is 11.5. The first-order chi connectivity index (χ1) is 9.77. The Labute approximate surface area is 131 Å². The second kappa shape index (κ2) is 5.99. The highest BCUT2D eigenvalue weighted by Crippen LogP contribution is 2.31. The second-order valence-corrected chi connectivity index (χ2v) is 7.42. The lowest BCUT2D eigenvalue weighted by atomic mass is 10.1. The summed E-state index contributed by atoms with van der Waals surface area (Å²) >= 11 is 3.34. The largest absolute Gasteiger partial charge is 0.456 e. The molecule has 0 aromatic heterocycles. The van der Waals surface area contributed by atoms with E-state index >= 15 is 0 Å². The summed E-state index contributed by atoms with van der Waals surface area (Å²) in [4.78, 5) is 11.5. The Kier molecular flexibility index (Phi) is 4.49. The van der Waals surface area contributed by atoms with Crippen molar-refractivity contribution in [1.82, 2.24) is 0 Å². The van der Waals surface area contributed by atoms with Crippen molar-refractivity contribution < 1.29 is 17.9 Å². The highest BCUT2D eigenvalue weighted by atomic mass is 79.9. The zero-order valence-corrected chi connectivity index (χ0v) is 13.9. The molecule has 0 fully saturated rings. The topological polar surface area (TPSA) is 60.4 Å². The third-order valence-corrected chi connectivity index (χ3v) is 4.53. The Balaban J connectivity index is 2.33. The minimum atomic E-state index is -3.28. The van der Waals surface area contributed by atoms with Crippen LogP contribution in [0.2, 0.25) is 0 Å². The van der Waals surface area contributed by atoms with E-state index in [0.717, 1.165) is 6.26 Å². The van der Waals surface area contributed by atoms with E-state index in [0.29, 0.717) is 21.5 Å². The molecule has 0 bridgehead atoms. The molecule has 0 aliphatic heterocycles. The predicted molar refractivity (Wildman–Crippen MR) is 83.8 cm³/mol. The molecule has 0 saturated heterocycles. The van der Waals surface area contributed by atoms with Crippen LogP contribution in [0.3, 0.4) is 0 Å². The maximum Gasteiger partial charge on any atom is 0.175 e. The fourth-order valence-corrected chi connectivity index (χ4v) is 2.81. The SMILES string of the molecule is CC(=O)c1ccc(Oc2cccc(S(C)(=O)=O)c2)c(Br)c1. The average molecular weight is 369 g/mol. The first-order valence-corrected chi connectivity index (χ1v) is 8.74. The zero-order chi connectivity index (χ0) is 15.6. The Hall–Kier alpha value is -1.66. The lowest BCUT2D eigenvalue weighted by molar-refractivity contribution is 0.101. The van der Waals surface area contributed by atoms with E-state index in [2.05, 4.69) is 15.9 Å². The molecule has 0 aliphatic carbocycles. The maximum absolute atomic E-state index is 11.5. The molecule has 2 aromatic carbocycles. The molecule has 2 rings (SSSR count).